The third-order valence-corrected chi connectivity index (χ3v) is 4.62. The Morgan fingerprint density at radius 1 is 1.18 bits per heavy atom. The Labute approximate surface area is 165 Å². The molecule has 0 saturated heterocycles. The molecule has 0 bridgehead atoms. The minimum Gasteiger partial charge on any atom is -0.465 e. The molecule has 1 heterocycles. The second-order valence-corrected chi connectivity index (χ2v) is 6.36. The van der Waals surface area contributed by atoms with Gasteiger partial charge in [0.25, 0.3) is 11.6 Å². The molecular formula is C20H15ClN2O5. The number of allylic oxidation sites excluding steroid dienone is 1. The molecule has 0 aliphatic carbocycles. The summed E-state index contributed by atoms with van der Waals surface area (Å²) < 4.78 is 4.85. The molecule has 7 nitrogen and oxygen atoms in total. The van der Waals surface area contributed by atoms with Crippen LogP contribution in [-0.2, 0) is 14.3 Å². The van der Waals surface area contributed by atoms with Crippen LogP contribution in [0.1, 0.15) is 12.5 Å². The standard InChI is InChI=1S/C20H15ClN2O5/c1-12-18(20(25)28-2)15(11-13-7-9-14(10-8-13)23(26)27)19(24)22(12)17-6-4-3-5-16(17)21/h3-11H,1-2H3. The quantitative estimate of drug-likeness (QED) is 0.334. The number of nitrogens with zero attached hydrogens (tertiary/aromatic N) is 2. The summed E-state index contributed by atoms with van der Waals surface area (Å²) in [5.41, 5.74) is 1.53. The summed E-state index contributed by atoms with van der Waals surface area (Å²) in [4.78, 5) is 37.1. The molecule has 3 rings (SSSR count). The maximum Gasteiger partial charge on any atom is 0.340 e. The fourth-order valence-electron chi connectivity index (χ4n) is 2.96. The zero-order valence-electron chi connectivity index (χ0n) is 15.0. The van der Waals surface area contributed by atoms with Crippen LogP contribution in [0.3, 0.4) is 0 Å². The fourth-order valence-corrected chi connectivity index (χ4v) is 3.18. The summed E-state index contributed by atoms with van der Waals surface area (Å²) in [5, 5.41) is 11.2. The van der Waals surface area contributed by atoms with Gasteiger partial charge in [0, 0.05) is 17.8 Å². The molecule has 0 unspecified atom stereocenters. The second-order valence-electron chi connectivity index (χ2n) is 5.95. The van der Waals surface area contributed by atoms with Crippen LogP contribution in [0.2, 0.25) is 5.02 Å². The van der Waals surface area contributed by atoms with Gasteiger partial charge < -0.3 is 4.74 Å². The van der Waals surface area contributed by atoms with E-state index in [1.807, 2.05) is 0 Å². The summed E-state index contributed by atoms with van der Waals surface area (Å²) in [7, 11) is 1.23. The number of rotatable bonds is 4. The highest BCUT2D eigenvalue weighted by Crippen LogP contribution is 2.38. The van der Waals surface area contributed by atoms with Gasteiger partial charge in [-0.3, -0.25) is 19.8 Å². The number of methoxy groups -OCH3 is 1. The average molecular weight is 399 g/mol. The number of ether oxygens (including phenoxy) is 1. The van der Waals surface area contributed by atoms with Crippen molar-refractivity contribution in [1.82, 2.24) is 0 Å². The van der Waals surface area contributed by atoms with Gasteiger partial charge in [-0.1, -0.05) is 23.7 Å². The maximum absolute atomic E-state index is 13.1. The van der Waals surface area contributed by atoms with E-state index in [-0.39, 0.29) is 16.8 Å². The normalized spacial score (nSPS) is 15.3. The smallest absolute Gasteiger partial charge is 0.340 e. The zero-order valence-corrected chi connectivity index (χ0v) is 15.8. The monoisotopic (exact) mass is 398 g/mol. The third kappa shape index (κ3) is 3.39. The third-order valence-electron chi connectivity index (χ3n) is 4.30. The molecule has 2 aromatic carbocycles. The molecule has 1 aliphatic rings. The van der Waals surface area contributed by atoms with E-state index in [0.717, 1.165) is 0 Å². The number of carbonyl (C=O) groups is 2. The lowest BCUT2D eigenvalue weighted by Gasteiger charge is -2.19. The van der Waals surface area contributed by atoms with Crippen molar-refractivity contribution in [3.8, 4) is 0 Å². The molecule has 28 heavy (non-hydrogen) atoms. The minimum absolute atomic E-state index is 0.0718. The van der Waals surface area contributed by atoms with Crippen molar-refractivity contribution >= 4 is 40.9 Å². The predicted octanol–water partition coefficient (Wildman–Crippen LogP) is 4.13. The van der Waals surface area contributed by atoms with Gasteiger partial charge in [0.15, 0.2) is 0 Å². The zero-order chi connectivity index (χ0) is 20.4. The van der Waals surface area contributed by atoms with Crippen LogP contribution in [0, 0.1) is 10.1 Å². The Kier molecular flexibility index (Phi) is 5.28. The minimum atomic E-state index is -0.659. The highest BCUT2D eigenvalue weighted by Gasteiger charge is 2.38. The van der Waals surface area contributed by atoms with E-state index in [1.165, 1.54) is 42.4 Å². The molecule has 1 aliphatic heterocycles. The van der Waals surface area contributed by atoms with Crippen LogP contribution >= 0.6 is 11.6 Å². The number of non-ortho nitro benzene ring substituents is 1. The lowest BCUT2D eigenvalue weighted by atomic mass is 10.0. The first-order valence-corrected chi connectivity index (χ1v) is 8.57. The average Bonchev–Trinajstić information content (AvgIpc) is 2.92. The number of hydrogen-bond acceptors (Lipinski definition) is 5. The molecule has 1 amide bonds. The van der Waals surface area contributed by atoms with Crippen molar-refractivity contribution in [3.63, 3.8) is 0 Å². The van der Waals surface area contributed by atoms with Gasteiger partial charge in [0.05, 0.1) is 33.9 Å². The first-order chi connectivity index (χ1) is 13.3. The highest BCUT2D eigenvalue weighted by atomic mass is 35.5. The van der Waals surface area contributed by atoms with E-state index in [9.17, 15) is 19.7 Å². The molecule has 8 heteroatoms. The summed E-state index contributed by atoms with van der Waals surface area (Å²) in [6.45, 7) is 1.63. The van der Waals surface area contributed by atoms with E-state index in [0.29, 0.717) is 22.0 Å². The molecule has 0 atom stereocenters. The fraction of sp³-hybridized carbons (Fsp3) is 0.100. The van der Waals surface area contributed by atoms with Gasteiger partial charge in [-0.25, -0.2) is 4.79 Å². The lowest BCUT2D eigenvalue weighted by Crippen LogP contribution is -2.24. The summed E-state index contributed by atoms with van der Waals surface area (Å²) in [6.07, 6.45) is 1.50. The number of carbonyl (C=O) groups excluding carboxylic acids is 2. The van der Waals surface area contributed by atoms with E-state index >= 15 is 0 Å². The van der Waals surface area contributed by atoms with Gasteiger partial charge in [-0.2, -0.15) is 0 Å². The maximum atomic E-state index is 13.1. The number of nitro benzene ring substituents is 1. The largest absolute Gasteiger partial charge is 0.465 e. The van der Waals surface area contributed by atoms with E-state index < -0.39 is 16.8 Å². The van der Waals surface area contributed by atoms with Gasteiger partial charge in [-0.05, 0) is 42.8 Å². The first-order valence-electron chi connectivity index (χ1n) is 8.20. The molecule has 0 aromatic heterocycles. The first kappa shape index (κ1) is 19.3. The predicted molar refractivity (Wildman–Crippen MR) is 105 cm³/mol. The van der Waals surface area contributed by atoms with E-state index in [1.54, 1.807) is 31.2 Å². The second kappa shape index (κ2) is 7.66. The van der Waals surface area contributed by atoms with Crippen LogP contribution in [0.15, 0.2) is 65.4 Å². The molecule has 0 saturated carbocycles. The number of para-hydroxylation sites is 1. The summed E-state index contributed by atoms with van der Waals surface area (Å²) in [6, 6.07) is 12.4. The summed E-state index contributed by atoms with van der Waals surface area (Å²) >= 11 is 6.24. The van der Waals surface area contributed by atoms with Crippen LogP contribution in [0.25, 0.3) is 6.08 Å². The molecule has 0 fully saturated rings. The number of nitro groups is 1. The van der Waals surface area contributed by atoms with E-state index in [2.05, 4.69) is 0 Å². The number of anilines is 1. The number of esters is 1. The molecule has 142 valence electrons. The van der Waals surface area contributed by atoms with Crippen molar-refractivity contribution in [2.75, 3.05) is 12.0 Å². The molecule has 0 N–H and O–H groups in total. The van der Waals surface area contributed by atoms with Gasteiger partial charge in [-0.15, -0.1) is 0 Å². The Balaban J connectivity index is 2.12. The van der Waals surface area contributed by atoms with Gasteiger partial charge >= 0.3 is 5.97 Å². The Morgan fingerprint density at radius 3 is 2.39 bits per heavy atom. The van der Waals surface area contributed by atoms with Crippen LogP contribution < -0.4 is 4.90 Å². The van der Waals surface area contributed by atoms with Gasteiger partial charge in [0.1, 0.15) is 0 Å². The molecule has 0 spiro atoms. The molecule has 2 aromatic rings. The van der Waals surface area contributed by atoms with E-state index in [4.69, 9.17) is 16.3 Å². The van der Waals surface area contributed by atoms with Crippen molar-refractivity contribution in [2.45, 2.75) is 6.92 Å². The van der Waals surface area contributed by atoms with Crippen molar-refractivity contribution < 1.29 is 19.2 Å². The van der Waals surface area contributed by atoms with Crippen molar-refractivity contribution in [1.29, 1.82) is 0 Å². The lowest BCUT2D eigenvalue weighted by molar-refractivity contribution is -0.384. The van der Waals surface area contributed by atoms with Crippen molar-refractivity contribution in [3.05, 3.63) is 86.1 Å². The van der Waals surface area contributed by atoms with Crippen LogP contribution in [-0.4, -0.2) is 23.9 Å². The SMILES string of the molecule is COC(=O)C1=C(C)N(c2ccccc2Cl)C(=O)C1=Cc1ccc([N+](=O)[O-])cc1. The topological polar surface area (TPSA) is 89.8 Å². The number of hydrogen-bond donors (Lipinski definition) is 0. The Morgan fingerprint density at radius 2 is 1.82 bits per heavy atom. The number of halogens is 1. The highest BCUT2D eigenvalue weighted by molar-refractivity contribution is 6.35. The van der Waals surface area contributed by atoms with Crippen molar-refractivity contribution in [2.24, 2.45) is 0 Å². The number of benzene rings is 2. The van der Waals surface area contributed by atoms with Crippen LogP contribution in [0.4, 0.5) is 11.4 Å². The Bertz CT molecular complexity index is 1040. The van der Waals surface area contributed by atoms with Gasteiger partial charge in [0.2, 0.25) is 0 Å². The van der Waals surface area contributed by atoms with Crippen LogP contribution in [0.5, 0.6) is 0 Å². The molecule has 0 radical (unpaired) electrons. The molecular weight excluding hydrogens is 384 g/mol. The Hall–Kier alpha value is -3.45. The number of amides is 1. The summed E-state index contributed by atoms with van der Waals surface area (Å²) in [5.74, 6) is -1.10.